The van der Waals surface area contributed by atoms with Crippen molar-refractivity contribution in [2.75, 3.05) is 40.0 Å². The third-order valence-electron chi connectivity index (χ3n) is 7.03. The molecule has 5 nitrogen and oxygen atoms in total. The quantitative estimate of drug-likeness (QED) is 0.380. The van der Waals surface area contributed by atoms with E-state index in [1.54, 1.807) is 25.3 Å². The van der Waals surface area contributed by atoms with Gasteiger partial charge < -0.3 is 14.2 Å². The zero-order valence-electron chi connectivity index (χ0n) is 22.1. The molecule has 0 spiro atoms. The molecule has 0 saturated carbocycles. The van der Waals surface area contributed by atoms with Gasteiger partial charge in [0.15, 0.2) is 11.6 Å². The summed E-state index contributed by atoms with van der Waals surface area (Å²) in [6.07, 6.45) is 2.75. The van der Waals surface area contributed by atoms with Crippen LogP contribution >= 0.6 is 0 Å². The number of ether oxygens (including phenoxy) is 3. The van der Waals surface area contributed by atoms with Gasteiger partial charge in [0, 0.05) is 38.8 Å². The Morgan fingerprint density at radius 3 is 2.31 bits per heavy atom. The monoisotopic (exact) mass is 486 g/mol. The van der Waals surface area contributed by atoms with Crippen LogP contribution in [0, 0.1) is 5.82 Å². The molecular weight excluding hydrogens is 443 g/mol. The first-order valence-electron chi connectivity index (χ1n) is 12.9. The fraction of sp³-hybridized carbons (Fsp3) is 0.586. The van der Waals surface area contributed by atoms with Crippen molar-refractivity contribution in [3.63, 3.8) is 0 Å². The number of rotatable bonds is 12. The van der Waals surface area contributed by atoms with Gasteiger partial charge in [-0.15, -0.1) is 0 Å². The molecule has 35 heavy (non-hydrogen) atoms. The van der Waals surface area contributed by atoms with Crippen molar-refractivity contribution in [2.45, 2.75) is 71.2 Å². The number of nitrogens with zero attached hydrogens (tertiary/aromatic N) is 2. The molecule has 1 atom stereocenters. The summed E-state index contributed by atoms with van der Waals surface area (Å²) < 4.78 is 31.7. The summed E-state index contributed by atoms with van der Waals surface area (Å²) in [5.74, 6) is 0.868. The average molecular weight is 487 g/mol. The Labute approximate surface area is 211 Å². The first kappa shape index (κ1) is 27.4. The Kier molecular flexibility index (Phi) is 10.4. The second kappa shape index (κ2) is 13.2. The van der Waals surface area contributed by atoms with E-state index in [2.05, 4.69) is 61.8 Å². The van der Waals surface area contributed by atoms with E-state index in [1.165, 1.54) is 11.6 Å². The summed E-state index contributed by atoms with van der Waals surface area (Å²) in [4.78, 5) is 4.90. The van der Waals surface area contributed by atoms with Crippen LogP contribution in [0.3, 0.4) is 0 Å². The van der Waals surface area contributed by atoms with Crippen molar-refractivity contribution in [3.05, 3.63) is 59.9 Å². The maximum absolute atomic E-state index is 14.0. The lowest BCUT2D eigenvalue weighted by Crippen LogP contribution is -2.39. The van der Waals surface area contributed by atoms with E-state index in [0.29, 0.717) is 25.3 Å². The van der Waals surface area contributed by atoms with Gasteiger partial charge in [0.25, 0.3) is 0 Å². The number of benzene rings is 2. The predicted molar refractivity (Wildman–Crippen MR) is 140 cm³/mol. The van der Waals surface area contributed by atoms with Crippen LogP contribution in [0.5, 0.6) is 11.5 Å². The van der Waals surface area contributed by atoms with Gasteiger partial charge in [0.1, 0.15) is 24.6 Å². The van der Waals surface area contributed by atoms with Gasteiger partial charge in [0.2, 0.25) is 0 Å². The van der Waals surface area contributed by atoms with Crippen LogP contribution in [0.2, 0.25) is 0 Å². The minimum absolute atomic E-state index is 0.286. The maximum Gasteiger partial charge on any atom is 0.165 e. The topological polar surface area (TPSA) is 34.2 Å². The van der Waals surface area contributed by atoms with Crippen molar-refractivity contribution in [1.29, 1.82) is 0 Å². The standard InChI is InChI=1S/C29H43FN2O3/c1-23(2)32(24(3)4)19-20-34-26-13-11-25(12-14-26)21-31-17-8-15-29(33-5,16-18-31)22-35-28-10-7-6-9-27(28)30/h6-7,9-14,23-24H,8,15-22H2,1-5H3/t29-/m1/s1. The van der Waals surface area contributed by atoms with E-state index in [4.69, 9.17) is 14.2 Å². The lowest BCUT2D eigenvalue weighted by Gasteiger charge is -2.31. The summed E-state index contributed by atoms with van der Waals surface area (Å²) in [5, 5.41) is 0. The van der Waals surface area contributed by atoms with Crippen molar-refractivity contribution in [2.24, 2.45) is 0 Å². The molecule has 2 aromatic rings. The Bertz CT molecular complexity index is 882. The summed E-state index contributed by atoms with van der Waals surface area (Å²) in [6, 6.07) is 16.0. The van der Waals surface area contributed by atoms with Gasteiger partial charge in [-0.05, 0) is 83.3 Å². The second-order valence-corrected chi connectivity index (χ2v) is 10.2. The Morgan fingerprint density at radius 2 is 1.66 bits per heavy atom. The smallest absolute Gasteiger partial charge is 0.165 e. The van der Waals surface area contributed by atoms with Gasteiger partial charge in [0.05, 0.1) is 0 Å². The summed E-state index contributed by atoms with van der Waals surface area (Å²) in [6.45, 7) is 13.7. The fourth-order valence-electron chi connectivity index (χ4n) is 4.89. The number of methoxy groups -OCH3 is 1. The molecule has 0 aromatic heterocycles. The highest BCUT2D eigenvalue weighted by Crippen LogP contribution is 2.29. The number of hydrogen-bond acceptors (Lipinski definition) is 5. The highest BCUT2D eigenvalue weighted by Gasteiger charge is 2.34. The van der Waals surface area contributed by atoms with Crippen LogP contribution in [0.4, 0.5) is 4.39 Å². The molecule has 0 bridgehead atoms. The highest BCUT2D eigenvalue weighted by molar-refractivity contribution is 5.27. The Hall–Kier alpha value is -2.15. The van der Waals surface area contributed by atoms with Crippen LogP contribution in [-0.2, 0) is 11.3 Å². The number of hydrogen-bond donors (Lipinski definition) is 0. The first-order valence-corrected chi connectivity index (χ1v) is 12.9. The van der Waals surface area contributed by atoms with Crippen molar-refractivity contribution in [1.82, 2.24) is 9.80 Å². The molecule has 2 aromatic carbocycles. The summed E-state index contributed by atoms with van der Waals surface area (Å²) in [5.41, 5.74) is 0.880. The van der Waals surface area contributed by atoms with Crippen molar-refractivity contribution in [3.8, 4) is 11.5 Å². The molecule has 0 unspecified atom stereocenters. The lowest BCUT2D eigenvalue weighted by molar-refractivity contribution is -0.0548. The van der Waals surface area contributed by atoms with Gasteiger partial charge in [-0.3, -0.25) is 9.80 Å². The Morgan fingerprint density at radius 1 is 0.943 bits per heavy atom. The fourth-order valence-corrected chi connectivity index (χ4v) is 4.89. The molecule has 1 saturated heterocycles. The third kappa shape index (κ3) is 8.19. The molecule has 0 amide bonds. The second-order valence-electron chi connectivity index (χ2n) is 10.2. The van der Waals surface area contributed by atoms with E-state index in [-0.39, 0.29) is 11.6 Å². The average Bonchev–Trinajstić information content (AvgIpc) is 3.04. The van der Waals surface area contributed by atoms with Gasteiger partial charge in [-0.2, -0.15) is 0 Å². The summed E-state index contributed by atoms with van der Waals surface area (Å²) >= 11 is 0. The summed E-state index contributed by atoms with van der Waals surface area (Å²) in [7, 11) is 1.74. The molecule has 1 aliphatic rings. The molecule has 1 aliphatic heterocycles. The van der Waals surface area contributed by atoms with Crippen LogP contribution < -0.4 is 9.47 Å². The van der Waals surface area contributed by atoms with Gasteiger partial charge >= 0.3 is 0 Å². The molecule has 1 heterocycles. The van der Waals surface area contributed by atoms with E-state index >= 15 is 0 Å². The van der Waals surface area contributed by atoms with Crippen LogP contribution in [-0.4, -0.2) is 67.4 Å². The van der Waals surface area contributed by atoms with Gasteiger partial charge in [-0.25, -0.2) is 4.39 Å². The third-order valence-corrected chi connectivity index (χ3v) is 7.03. The van der Waals surface area contributed by atoms with Crippen LogP contribution in [0.1, 0.15) is 52.5 Å². The minimum atomic E-state index is -0.394. The van der Waals surface area contributed by atoms with Crippen LogP contribution in [0.25, 0.3) is 0 Å². The van der Waals surface area contributed by atoms with Crippen molar-refractivity contribution >= 4 is 0 Å². The molecule has 1 fully saturated rings. The highest BCUT2D eigenvalue weighted by atomic mass is 19.1. The zero-order chi connectivity index (χ0) is 25.3. The maximum atomic E-state index is 14.0. The van der Waals surface area contributed by atoms with E-state index in [0.717, 1.165) is 51.2 Å². The van der Waals surface area contributed by atoms with Crippen LogP contribution in [0.15, 0.2) is 48.5 Å². The minimum Gasteiger partial charge on any atom is -0.492 e. The number of halogens is 1. The molecule has 3 rings (SSSR count). The molecule has 194 valence electrons. The Balaban J connectivity index is 1.48. The SMILES string of the molecule is CO[C@]1(COc2ccccc2F)CCCN(Cc2ccc(OCCN(C(C)C)C(C)C)cc2)CC1. The van der Waals surface area contributed by atoms with Crippen molar-refractivity contribution < 1.29 is 18.6 Å². The molecule has 6 heteroatoms. The molecule has 0 radical (unpaired) electrons. The molecule has 0 aliphatic carbocycles. The molecule has 0 N–H and O–H groups in total. The van der Waals surface area contributed by atoms with E-state index in [1.807, 2.05) is 0 Å². The lowest BCUT2D eigenvalue weighted by atomic mass is 9.95. The van der Waals surface area contributed by atoms with E-state index in [9.17, 15) is 4.39 Å². The predicted octanol–water partition coefficient (Wildman–Crippen LogP) is 5.77. The largest absolute Gasteiger partial charge is 0.492 e. The number of para-hydroxylation sites is 1. The molecular formula is C29H43FN2O3. The van der Waals surface area contributed by atoms with E-state index < -0.39 is 5.60 Å². The number of likely N-dealkylation sites (tertiary alicyclic amines) is 1. The zero-order valence-corrected chi connectivity index (χ0v) is 22.1. The normalized spacial score (nSPS) is 19.3. The van der Waals surface area contributed by atoms with Gasteiger partial charge in [-0.1, -0.05) is 24.3 Å². The first-order chi connectivity index (χ1) is 16.8.